The van der Waals surface area contributed by atoms with Crippen molar-refractivity contribution in [3.8, 4) is 11.5 Å². The van der Waals surface area contributed by atoms with E-state index in [1.54, 1.807) is 18.2 Å². The standard InChI is InChI=1S/C24H23N7O3S/c1-13-8-16(26-23(32)27-17-4-6-18-19(11-17)34-12-33-18)5-7-20(13)35-24-25-14(2)9-21(29-24)28-22-10-15(3)30-31-22/h4-11H,12H2,1-3H3,(H2,26,27,32)(H2,25,28,29,30,31). The summed E-state index contributed by atoms with van der Waals surface area (Å²) in [4.78, 5) is 22.6. The Kier molecular flexibility index (Phi) is 6.15. The smallest absolute Gasteiger partial charge is 0.323 e. The fraction of sp³-hybridized carbons (Fsp3) is 0.167. The monoisotopic (exact) mass is 489 g/mol. The van der Waals surface area contributed by atoms with E-state index in [4.69, 9.17) is 9.47 Å². The number of carbonyl (C=O) groups excluding carboxylic acids is 1. The lowest BCUT2D eigenvalue weighted by atomic mass is 10.2. The van der Waals surface area contributed by atoms with E-state index < -0.39 is 0 Å². The van der Waals surface area contributed by atoms with Gasteiger partial charge in [-0.05, 0) is 68.4 Å². The first kappa shape index (κ1) is 22.5. The number of aryl methyl sites for hydroxylation is 3. The lowest BCUT2D eigenvalue weighted by Crippen LogP contribution is -2.19. The number of nitrogens with one attached hydrogen (secondary N) is 4. The largest absolute Gasteiger partial charge is 0.454 e. The van der Waals surface area contributed by atoms with Crippen LogP contribution in [0.3, 0.4) is 0 Å². The van der Waals surface area contributed by atoms with Crippen molar-refractivity contribution in [2.45, 2.75) is 30.8 Å². The molecule has 3 heterocycles. The summed E-state index contributed by atoms with van der Waals surface area (Å²) in [6, 6.07) is 14.4. The maximum Gasteiger partial charge on any atom is 0.323 e. The summed E-state index contributed by atoms with van der Waals surface area (Å²) in [5, 5.41) is 16.5. The minimum absolute atomic E-state index is 0.185. The van der Waals surface area contributed by atoms with Crippen LogP contribution in [0, 0.1) is 20.8 Å². The Labute approximate surface area is 205 Å². The van der Waals surface area contributed by atoms with E-state index in [1.165, 1.54) is 11.8 Å². The number of aromatic nitrogens is 4. The summed E-state index contributed by atoms with van der Waals surface area (Å²) >= 11 is 1.46. The Morgan fingerprint density at radius 3 is 2.46 bits per heavy atom. The number of urea groups is 1. The average Bonchev–Trinajstić information content (AvgIpc) is 3.43. The van der Waals surface area contributed by atoms with Crippen molar-refractivity contribution in [1.82, 2.24) is 20.2 Å². The molecule has 1 aliphatic heterocycles. The number of anilines is 4. The highest BCUT2D eigenvalue weighted by atomic mass is 32.2. The summed E-state index contributed by atoms with van der Waals surface area (Å²) < 4.78 is 10.6. The second kappa shape index (κ2) is 9.55. The molecular formula is C24H23N7O3S. The van der Waals surface area contributed by atoms with Gasteiger partial charge in [0.05, 0.1) is 5.69 Å². The van der Waals surface area contributed by atoms with E-state index in [1.807, 2.05) is 51.1 Å². The van der Waals surface area contributed by atoms with Gasteiger partial charge in [-0.15, -0.1) is 0 Å². The number of hydrogen-bond donors (Lipinski definition) is 4. The maximum atomic E-state index is 12.5. The predicted octanol–water partition coefficient (Wildman–Crippen LogP) is 5.39. The molecule has 178 valence electrons. The van der Waals surface area contributed by atoms with E-state index >= 15 is 0 Å². The summed E-state index contributed by atoms with van der Waals surface area (Å²) in [5.74, 6) is 2.72. The Hall–Kier alpha value is -4.25. The molecule has 1 aliphatic rings. The molecule has 2 aromatic carbocycles. The van der Waals surface area contributed by atoms with Crippen molar-refractivity contribution in [2.24, 2.45) is 0 Å². The molecule has 4 N–H and O–H groups in total. The number of ether oxygens (including phenoxy) is 2. The van der Waals surface area contributed by atoms with Crippen LogP contribution >= 0.6 is 11.8 Å². The number of aromatic amines is 1. The zero-order valence-electron chi connectivity index (χ0n) is 19.3. The van der Waals surface area contributed by atoms with Gasteiger partial charge in [0.15, 0.2) is 16.7 Å². The van der Waals surface area contributed by atoms with Gasteiger partial charge in [0.2, 0.25) is 6.79 Å². The highest BCUT2D eigenvalue weighted by molar-refractivity contribution is 7.99. The van der Waals surface area contributed by atoms with Crippen LogP contribution in [0.4, 0.5) is 27.8 Å². The zero-order valence-corrected chi connectivity index (χ0v) is 20.1. The van der Waals surface area contributed by atoms with Crippen molar-refractivity contribution in [3.63, 3.8) is 0 Å². The highest BCUT2D eigenvalue weighted by Gasteiger charge is 2.14. The van der Waals surface area contributed by atoms with Gasteiger partial charge in [-0.3, -0.25) is 5.10 Å². The summed E-state index contributed by atoms with van der Waals surface area (Å²) in [6.07, 6.45) is 0. The van der Waals surface area contributed by atoms with Gasteiger partial charge >= 0.3 is 6.03 Å². The number of carbonyl (C=O) groups is 1. The summed E-state index contributed by atoms with van der Waals surface area (Å²) in [7, 11) is 0. The first-order chi connectivity index (χ1) is 16.9. The second-order valence-corrected chi connectivity index (χ2v) is 8.96. The van der Waals surface area contributed by atoms with E-state index in [0.29, 0.717) is 33.8 Å². The Morgan fingerprint density at radius 1 is 0.914 bits per heavy atom. The van der Waals surface area contributed by atoms with Crippen molar-refractivity contribution < 1.29 is 14.3 Å². The molecule has 0 aliphatic carbocycles. The second-order valence-electron chi connectivity index (χ2n) is 7.95. The summed E-state index contributed by atoms with van der Waals surface area (Å²) in [5.41, 5.74) is 4.01. The molecular weight excluding hydrogens is 466 g/mol. The molecule has 0 fully saturated rings. The topological polar surface area (TPSA) is 126 Å². The van der Waals surface area contributed by atoms with Gasteiger partial charge in [0, 0.05) is 40.2 Å². The quantitative estimate of drug-likeness (QED) is 0.266. The van der Waals surface area contributed by atoms with E-state index in [0.717, 1.165) is 27.7 Å². The molecule has 5 rings (SSSR count). The van der Waals surface area contributed by atoms with E-state index in [9.17, 15) is 4.79 Å². The first-order valence-corrected chi connectivity index (χ1v) is 11.6. The van der Waals surface area contributed by atoms with Crippen LogP contribution in [0.15, 0.2) is 58.6 Å². The summed E-state index contributed by atoms with van der Waals surface area (Å²) in [6.45, 7) is 6.00. The number of amides is 2. The molecule has 0 saturated carbocycles. The molecule has 11 heteroatoms. The Bertz CT molecular complexity index is 1410. The third-order valence-corrected chi connectivity index (χ3v) is 6.11. The van der Waals surface area contributed by atoms with Crippen LogP contribution in [-0.4, -0.2) is 33.0 Å². The molecule has 0 radical (unpaired) electrons. The molecule has 35 heavy (non-hydrogen) atoms. The third kappa shape index (κ3) is 5.46. The average molecular weight is 490 g/mol. The lowest BCUT2D eigenvalue weighted by molar-refractivity contribution is 0.174. The molecule has 0 spiro atoms. The van der Waals surface area contributed by atoms with Crippen LogP contribution in [0.25, 0.3) is 0 Å². The van der Waals surface area contributed by atoms with Gasteiger partial charge in [-0.1, -0.05) is 0 Å². The molecule has 0 unspecified atom stereocenters. The number of fused-ring (bicyclic) bond motifs is 1. The number of benzene rings is 2. The van der Waals surface area contributed by atoms with E-state index in [-0.39, 0.29) is 12.8 Å². The van der Waals surface area contributed by atoms with Crippen molar-refractivity contribution in [3.05, 3.63) is 65.5 Å². The van der Waals surface area contributed by atoms with Gasteiger partial charge in [-0.25, -0.2) is 14.8 Å². The molecule has 2 aromatic heterocycles. The Balaban J connectivity index is 1.24. The number of hydrogen-bond acceptors (Lipinski definition) is 8. The number of nitrogens with zero attached hydrogens (tertiary/aromatic N) is 3. The first-order valence-electron chi connectivity index (χ1n) is 10.8. The fourth-order valence-corrected chi connectivity index (χ4v) is 4.37. The van der Waals surface area contributed by atoms with Crippen molar-refractivity contribution >= 4 is 40.8 Å². The van der Waals surface area contributed by atoms with Gasteiger partial charge < -0.3 is 25.4 Å². The van der Waals surface area contributed by atoms with Gasteiger partial charge in [0.1, 0.15) is 11.6 Å². The number of H-pyrrole nitrogens is 1. The predicted molar refractivity (Wildman–Crippen MR) is 134 cm³/mol. The van der Waals surface area contributed by atoms with Crippen LogP contribution in [0.1, 0.15) is 17.0 Å². The molecule has 2 amide bonds. The molecule has 10 nitrogen and oxygen atoms in total. The number of rotatable bonds is 6. The minimum Gasteiger partial charge on any atom is -0.454 e. The third-order valence-electron chi connectivity index (χ3n) is 5.07. The van der Waals surface area contributed by atoms with Gasteiger partial charge in [0.25, 0.3) is 0 Å². The minimum atomic E-state index is -0.351. The maximum absolute atomic E-state index is 12.5. The van der Waals surface area contributed by atoms with Crippen LogP contribution in [0.5, 0.6) is 11.5 Å². The molecule has 4 aromatic rings. The fourth-order valence-electron chi connectivity index (χ4n) is 3.48. The SMILES string of the molecule is Cc1cc(Nc2cc(C)nc(Sc3ccc(NC(=O)Nc4ccc5c(c4)OCO5)cc3C)n2)[nH]n1. The van der Waals surface area contributed by atoms with Crippen molar-refractivity contribution in [1.29, 1.82) is 0 Å². The van der Waals surface area contributed by atoms with Crippen molar-refractivity contribution in [2.75, 3.05) is 22.7 Å². The highest BCUT2D eigenvalue weighted by Crippen LogP contribution is 2.34. The Morgan fingerprint density at radius 2 is 1.69 bits per heavy atom. The molecule has 0 bridgehead atoms. The van der Waals surface area contributed by atoms with Crippen LogP contribution in [-0.2, 0) is 0 Å². The van der Waals surface area contributed by atoms with Gasteiger partial charge in [-0.2, -0.15) is 5.10 Å². The van der Waals surface area contributed by atoms with Crippen LogP contribution in [0.2, 0.25) is 0 Å². The molecule has 0 atom stereocenters. The molecule has 0 saturated heterocycles. The zero-order chi connectivity index (χ0) is 24.4. The van der Waals surface area contributed by atoms with E-state index in [2.05, 4.69) is 36.1 Å². The van der Waals surface area contributed by atoms with Crippen LogP contribution < -0.4 is 25.4 Å². The normalized spacial score (nSPS) is 11.9. The lowest BCUT2D eigenvalue weighted by Gasteiger charge is -2.11.